The lowest BCUT2D eigenvalue weighted by Gasteiger charge is -2.12. The highest BCUT2D eigenvalue weighted by Gasteiger charge is 2.13. The van der Waals surface area contributed by atoms with Crippen LogP contribution in [0, 0.1) is 0 Å². The topological polar surface area (TPSA) is 50.7 Å². The molecule has 0 aliphatic carbocycles. The van der Waals surface area contributed by atoms with Gasteiger partial charge in [0, 0.05) is 10.6 Å². The maximum absolute atomic E-state index is 11.8. The fourth-order valence-corrected chi connectivity index (χ4v) is 1.78. The quantitative estimate of drug-likeness (QED) is 0.681. The van der Waals surface area contributed by atoms with E-state index in [2.05, 4.69) is 10.5 Å². The lowest BCUT2D eigenvalue weighted by Crippen LogP contribution is -2.33. The Morgan fingerprint density at radius 2 is 1.86 bits per heavy atom. The fraction of sp³-hybridized carbons (Fsp3) is 0.125. The molecule has 0 saturated carbocycles. The first-order chi connectivity index (χ1) is 10.2. The summed E-state index contributed by atoms with van der Waals surface area (Å²) in [6, 6.07) is 16.4. The summed E-state index contributed by atoms with van der Waals surface area (Å²) in [6.07, 6.45) is 0.853. The highest BCUT2D eigenvalue weighted by Crippen LogP contribution is 2.12. The van der Waals surface area contributed by atoms with Crippen LogP contribution in [0.25, 0.3) is 0 Å². The molecule has 2 aromatic carbocycles. The van der Waals surface area contributed by atoms with Crippen LogP contribution >= 0.6 is 11.6 Å². The number of ether oxygens (including phenoxy) is 1. The van der Waals surface area contributed by atoms with Crippen molar-refractivity contribution in [2.24, 2.45) is 5.10 Å². The number of amides is 1. The van der Waals surface area contributed by atoms with Gasteiger partial charge in [0.1, 0.15) is 5.75 Å². The van der Waals surface area contributed by atoms with E-state index in [0.29, 0.717) is 10.8 Å². The molecule has 0 aliphatic heterocycles. The Bertz CT molecular complexity index is 629. The van der Waals surface area contributed by atoms with Gasteiger partial charge in [-0.2, -0.15) is 5.10 Å². The van der Waals surface area contributed by atoms with Crippen molar-refractivity contribution in [2.75, 3.05) is 0 Å². The molecule has 1 atom stereocenters. The zero-order valence-corrected chi connectivity index (χ0v) is 12.2. The number of nitrogens with zero attached hydrogens (tertiary/aromatic N) is 1. The maximum Gasteiger partial charge on any atom is 0.280 e. The van der Waals surface area contributed by atoms with E-state index >= 15 is 0 Å². The number of hydrogen-bond acceptors (Lipinski definition) is 3. The van der Waals surface area contributed by atoms with E-state index < -0.39 is 6.10 Å². The molecule has 2 rings (SSSR count). The lowest BCUT2D eigenvalue weighted by molar-refractivity contribution is -0.127. The number of rotatable bonds is 5. The fourth-order valence-electron chi connectivity index (χ4n) is 1.59. The first kappa shape index (κ1) is 15.1. The molecule has 1 amide bonds. The summed E-state index contributed by atoms with van der Waals surface area (Å²) >= 11 is 5.98. The smallest absolute Gasteiger partial charge is 0.280 e. The number of halogens is 1. The van der Waals surface area contributed by atoms with E-state index in [-0.39, 0.29) is 5.91 Å². The minimum absolute atomic E-state index is 0.331. The Morgan fingerprint density at radius 1 is 1.19 bits per heavy atom. The van der Waals surface area contributed by atoms with Crippen molar-refractivity contribution in [3.05, 3.63) is 65.2 Å². The van der Waals surface area contributed by atoms with Crippen LogP contribution in [-0.2, 0) is 4.79 Å². The Morgan fingerprint density at radius 3 is 2.57 bits per heavy atom. The van der Waals surface area contributed by atoms with Gasteiger partial charge in [-0.25, -0.2) is 5.43 Å². The molecule has 0 radical (unpaired) electrons. The van der Waals surface area contributed by atoms with Gasteiger partial charge in [-0.15, -0.1) is 0 Å². The van der Waals surface area contributed by atoms with Crippen LogP contribution in [0.3, 0.4) is 0 Å². The Hall–Kier alpha value is -2.33. The Kier molecular flexibility index (Phi) is 5.35. The molecule has 0 aromatic heterocycles. The third kappa shape index (κ3) is 4.61. The van der Waals surface area contributed by atoms with E-state index in [9.17, 15) is 4.79 Å². The number of nitrogens with one attached hydrogen (secondary N) is 1. The zero-order chi connectivity index (χ0) is 15.1. The molecule has 0 saturated heterocycles. The van der Waals surface area contributed by atoms with E-state index in [4.69, 9.17) is 16.3 Å². The predicted molar refractivity (Wildman–Crippen MR) is 83.7 cm³/mol. The zero-order valence-electron chi connectivity index (χ0n) is 11.5. The minimum atomic E-state index is -0.643. The molecular weight excluding hydrogens is 288 g/mol. The molecule has 2 aromatic rings. The largest absolute Gasteiger partial charge is 0.481 e. The van der Waals surface area contributed by atoms with Crippen LogP contribution in [0.1, 0.15) is 12.5 Å². The molecule has 5 heteroatoms. The molecule has 21 heavy (non-hydrogen) atoms. The minimum Gasteiger partial charge on any atom is -0.481 e. The number of carbonyl (C=O) groups excluding carboxylic acids is 1. The lowest BCUT2D eigenvalue weighted by atomic mass is 10.2. The second-order valence-electron chi connectivity index (χ2n) is 4.33. The average Bonchev–Trinajstić information content (AvgIpc) is 2.50. The van der Waals surface area contributed by atoms with Gasteiger partial charge in [-0.1, -0.05) is 48.0 Å². The van der Waals surface area contributed by atoms with Crippen LogP contribution in [0.15, 0.2) is 59.7 Å². The Balaban J connectivity index is 1.88. The molecule has 0 bridgehead atoms. The summed E-state index contributed by atoms with van der Waals surface area (Å²) in [5.41, 5.74) is 3.16. The second kappa shape index (κ2) is 7.45. The van der Waals surface area contributed by atoms with Crippen LogP contribution in [0.2, 0.25) is 5.02 Å². The van der Waals surface area contributed by atoms with Crippen molar-refractivity contribution < 1.29 is 9.53 Å². The molecule has 4 nitrogen and oxygen atoms in total. The molecule has 1 N–H and O–H groups in total. The highest BCUT2D eigenvalue weighted by atomic mass is 35.5. The summed E-state index contributed by atoms with van der Waals surface area (Å²) in [4.78, 5) is 11.8. The van der Waals surface area contributed by atoms with Gasteiger partial charge >= 0.3 is 0 Å². The summed E-state index contributed by atoms with van der Waals surface area (Å²) in [7, 11) is 0. The van der Waals surface area contributed by atoms with E-state index in [0.717, 1.165) is 5.56 Å². The second-order valence-corrected chi connectivity index (χ2v) is 4.74. The van der Waals surface area contributed by atoms with Gasteiger partial charge in [-0.3, -0.25) is 4.79 Å². The first-order valence-corrected chi connectivity index (χ1v) is 6.84. The summed E-state index contributed by atoms with van der Waals surface area (Å²) in [5.74, 6) is 0.303. The monoisotopic (exact) mass is 302 g/mol. The van der Waals surface area contributed by atoms with Gasteiger partial charge in [0.15, 0.2) is 6.10 Å². The SMILES string of the molecule is CC(Oc1ccccc1)C(=O)NN=Cc1ccccc1Cl. The standard InChI is InChI=1S/C16H15ClN2O2/c1-12(21-14-8-3-2-4-9-14)16(20)19-18-11-13-7-5-6-10-15(13)17/h2-12H,1H3,(H,19,20). The number of hydrazone groups is 1. The average molecular weight is 303 g/mol. The summed E-state index contributed by atoms with van der Waals surface area (Å²) in [6.45, 7) is 1.66. The third-order valence-electron chi connectivity index (χ3n) is 2.71. The van der Waals surface area contributed by atoms with Crippen molar-refractivity contribution in [1.82, 2.24) is 5.43 Å². The van der Waals surface area contributed by atoms with Crippen molar-refractivity contribution in [2.45, 2.75) is 13.0 Å². The van der Waals surface area contributed by atoms with Crippen LogP contribution < -0.4 is 10.2 Å². The van der Waals surface area contributed by atoms with Gasteiger partial charge in [0.05, 0.1) is 6.21 Å². The van der Waals surface area contributed by atoms with Gasteiger partial charge in [-0.05, 0) is 25.1 Å². The number of benzene rings is 2. The number of hydrogen-bond donors (Lipinski definition) is 1. The molecule has 0 heterocycles. The van der Waals surface area contributed by atoms with Crippen molar-refractivity contribution in [3.8, 4) is 5.75 Å². The Labute approximate surface area is 128 Å². The van der Waals surface area contributed by atoms with Gasteiger partial charge < -0.3 is 4.74 Å². The predicted octanol–water partition coefficient (Wildman–Crippen LogP) is 3.26. The maximum atomic E-state index is 11.8. The highest BCUT2D eigenvalue weighted by molar-refractivity contribution is 6.33. The first-order valence-electron chi connectivity index (χ1n) is 6.46. The number of para-hydroxylation sites is 1. The van der Waals surface area contributed by atoms with E-state index in [1.807, 2.05) is 36.4 Å². The van der Waals surface area contributed by atoms with E-state index in [1.54, 1.807) is 25.1 Å². The van der Waals surface area contributed by atoms with Crippen molar-refractivity contribution >= 4 is 23.7 Å². The molecule has 0 spiro atoms. The van der Waals surface area contributed by atoms with Crippen LogP contribution in [0.4, 0.5) is 0 Å². The molecular formula is C16H15ClN2O2. The van der Waals surface area contributed by atoms with Crippen LogP contribution in [-0.4, -0.2) is 18.2 Å². The molecule has 0 aliphatic rings. The molecule has 1 unspecified atom stereocenters. The van der Waals surface area contributed by atoms with Crippen molar-refractivity contribution in [3.63, 3.8) is 0 Å². The van der Waals surface area contributed by atoms with Crippen molar-refractivity contribution in [1.29, 1.82) is 0 Å². The number of carbonyl (C=O) groups is 1. The molecule has 0 fully saturated rings. The van der Waals surface area contributed by atoms with Gasteiger partial charge in [0.2, 0.25) is 0 Å². The summed E-state index contributed by atoms with van der Waals surface area (Å²) in [5, 5.41) is 4.45. The van der Waals surface area contributed by atoms with E-state index in [1.165, 1.54) is 6.21 Å². The summed E-state index contributed by atoms with van der Waals surface area (Å²) < 4.78 is 5.49. The van der Waals surface area contributed by atoms with Crippen LogP contribution in [0.5, 0.6) is 5.75 Å². The normalized spacial score (nSPS) is 12.1. The third-order valence-corrected chi connectivity index (χ3v) is 3.05. The van der Waals surface area contributed by atoms with Gasteiger partial charge in [0.25, 0.3) is 5.91 Å². The molecule has 108 valence electrons.